The van der Waals surface area contributed by atoms with Crippen LogP contribution < -0.4 is 10.1 Å². The van der Waals surface area contributed by atoms with Crippen LogP contribution >= 0.6 is 0 Å². The number of nitrogens with one attached hydrogen (secondary N) is 1. The summed E-state index contributed by atoms with van der Waals surface area (Å²) < 4.78 is 5.45. The average Bonchev–Trinajstić information content (AvgIpc) is 2.25. The van der Waals surface area contributed by atoms with Gasteiger partial charge in [-0.3, -0.25) is 0 Å². The Kier molecular flexibility index (Phi) is 4.81. The molecule has 16 heavy (non-hydrogen) atoms. The zero-order valence-corrected chi connectivity index (χ0v) is 11.0. The average molecular weight is 221 g/mol. The molecule has 1 unspecified atom stereocenters. The maximum absolute atomic E-state index is 5.45. The molecule has 0 aliphatic heterocycles. The topological polar surface area (TPSA) is 21.3 Å². The molecular formula is C14H23NO. The Bertz CT molecular complexity index is 334. The zero-order chi connectivity index (χ0) is 12.1. The predicted octanol–water partition coefficient (Wildman–Crippen LogP) is 2.96. The highest BCUT2D eigenvalue weighted by Gasteiger charge is 2.18. The zero-order valence-electron chi connectivity index (χ0n) is 11.0. The van der Waals surface area contributed by atoms with Crippen molar-refractivity contribution in [2.45, 2.75) is 26.7 Å². The van der Waals surface area contributed by atoms with E-state index in [2.05, 4.69) is 44.3 Å². The summed E-state index contributed by atoms with van der Waals surface area (Å²) in [5.74, 6) is 2.10. The van der Waals surface area contributed by atoms with E-state index in [1.807, 2.05) is 7.05 Å². The first-order valence-corrected chi connectivity index (χ1v) is 5.89. The van der Waals surface area contributed by atoms with Crippen molar-refractivity contribution in [3.8, 4) is 5.75 Å². The van der Waals surface area contributed by atoms with Crippen molar-refractivity contribution in [1.29, 1.82) is 0 Å². The Labute approximate surface area is 99.0 Å². The minimum Gasteiger partial charge on any atom is -0.496 e. The predicted molar refractivity (Wildman–Crippen MR) is 69.2 cm³/mol. The van der Waals surface area contributed by atoms with Gasteiger partial charge in [0.1, 0.15) is 5.75 Å². The molecule has 0 saturated heterocycles. The number of likely N-dealkylation sites (N-methyl/N-ethyl adjacent to an activating group) is 1. The van der Waals surface area contributed by atoms with Gasteiger partial charge in [0.05, 0.1) is 7.11 Å². The van der Waals surface area contributed by atoms with Crippen LogP contribution in [0.1, 0.15) is 30.9 Å². The van der Waals surface area contributed by atoms with Crippen LogP contribution in [-0.4, -0.2) is 20.7 Å². The quantitative estimate of drug-likeness (QED) is 0.825. The number of ether oxygens (including phenoxy) is 1. The molecule has 1 aromatic rings. The first-order valence-electron chi connectivity index (χ1n) is 5.89. The minimum atomic E-state index is 0.500. The van der Waals surface area contributed by atoms with Gasteiger partial charge in [-0.2, -0.15) is 0 Å². The lowest BCUT2D eigenvalue weighted by molar-refractivity contribution is 0.391. The monoisotopic (exact) mass is 221 g/mol. The first kappa shape index (κ1) is 13.0. The summed E-state index contributed by atoms with van der Waals surface area (Å²) in [6.45, 7) is 7.62. The van der Waals surface area contributed by atoms with Crippen molar-refractivity contribution in [3.63, 3.8) is 0 Å². The molecular weight excluding hydrogens is 198 g/mol. The van der Waals surface area contributed by atoms with Crippen LogP contribution in [0.25, 0.3) is 0 Å². The SMILES string of the molecule is CNCC(c1cc(C)ccc1OC)C(C)C. The van der Waals surface area contributed by atoms with E-state index in [1.165, 1.54) is 11.1 Å². The molecule has 0 bridgehead atoms. The van der Waals surface area contributed by atoms with Gasteiger partial charge in [0.15, 0.2) is 0 Å². The first-order chi connectivity index (χ1) is 7.60. The summed E-state index contributed by atoms with van der Waals surface area (Å²) >= 11 is 0. The fourth-order valence-corrected chi connectivity index (χ4v) is 2.07. The number of hydrogen-bond acceptors (Lipinski definition) is 2. The van der Waals surface area contributed by atoms with E-state index in [4.69, 9.17) is 4.74 Å². The van der Waals surface area contributed by atoms with Gasteiger partial charge in [-0.1, -0.05) is 31.5 Å². The second-order valence-corrected chi connectivity index (χ2v) is 4.65. The van der Waals surface area contributed by atoms with Gasteiger partial charge >= 0.3 is 0 Å². The summed E-state index contributed by atoms with van der Waals surface area (Å²) in [7, 11) is 3.74. The normalized spacial score (nSPS) is 12.9. The van der Waals surface area contributed by atoms with E-state index >= 15 is 0 Å². The number of rotatable bonds is 5. The van der Waals surface area contributed by atoms with Gasteiger partial charge in [0.25, 0.3) is 0 Å². The highest BCUT2D eigenvalue weighted by molar-refractivity contribution is 5.39. The molecule has 1 atom stereocenters. The summed E-state index contributed by atoms with van der Waals surface area (Å²) in [5.41, 5.74) is 2.60. The molecule has 1 N–H and O–H groups in total. The number of benzene rings is 1. The van der Waals surface area contributed by atoms with E-state index in [1.54, 1.807) is 7.11 Å². The second-order valence-electron chi connectivity index (χ2n) is 4.65. The van der Waals surface area contributed by atoms with Gasteiger partial charge in [-0.05, 0) is 31.5 Å². The van der Waals surface area contributed by atoms with Gasteiger partial charge in [0, 0.05) is 12.5 Å². The molecule has 1 aromatic carbocycles. The Morgan fingerprint density at radius 3 is 2.50 bits per heavy atom. The molecule has 0 fully saturated rings. The van der Waals surface area contributed by atoms with Crippen LogP contribution in [0.4, 0.5) is 0 Å². The molecule has 0 spiro atoms. The molecule has 2 heteroatoms. The van der Waals surface area contributed by atoms with Gasteiger partial charge in [0.2, 0.25) is 0 Å². The Morgan fingerprint density at radius 2 is 2.00 bits per heavy atom. The van der Waals surface area contributed by atoms with Gasteiger partial charge in [-0.15, -0.1) is 0 Å². The lowest BCUT2D eigenvalue weighted by atomic mass is 9.87. The molecule has 0 aliphatic rings. The van der Waals surface area contributed by atoms with Crippen molar-refractivity contribution < 1.29 is 4.74 Å². The Morgan fingerprint density at radius 1 is 1.31 bits per heavy atom. The van der Waals surface area contributed by atoms with Crippen molar-refractivity contribution in [2.24, 2.45) is 5.92 Å². The van der Waals surface area contributed by atoms with Crippen LogP contribution in [-0.2, 0) is 0 Å². The fourth-order valence-electron chi connectivity index (χ4n) is 2.07. The van der Waals surface area contributed by atoms with Crippen LogP contribution in [0.5, 0.6) is 5.75 Å². The summed E-state index contributed by atoms with van der Waals surface area (Å²) in [5, 5.41) is 3.26. The standard InChI is InChI=1S/C14H23NO/c1-10(2)13(9-15-4)12-8-11(3)6-7-14(12)16-5/h6-8,10,13,15H,9H2,1-5H3. The third-order valence-electron chi connectivity index (χ3n) is 3.01. The summed E-state index contributed by atoms with van der Waals surface area (Å²) in [4.78, 5) is 0. The molecule has 0 radical (unpaired) electrons. The third-order valence-corrected chi connectivity index (χ3v) is 3.01. The van der Waals surface area contributed by atoms with Crippen molar-refractivity contribution in [2.75, 3.05) is 20.7 Å². The second kappa shape index (κ2) is 5.90. The highest BCUT2D eigenvalue weighted by atomic mass is 16.5. The third kappa shape index (κ3) is 2.99. The van der Waals surface area contributed by atoms with Crippen molar-refractivity contribution in [3.05, 3.63) is 29.3 Å². The fraction of sp³-hybridized carbons (Fsp3) is 0.571. The van der Waals surface area contributed by atoms with Gasteiger partial charge in [-0.25, -0.2) is 0 Å². The van der Waals surface area contributed by atoms with Crippen LogP contribution in [0.2, 0.25) is 0 Å². The van der Waals surface area contributed by atoms with E-state index < -0.39 is 0 Å². The number of aryl methyl sites for hydroxylation is 1. The van der Waals surface area contributed by atoms with Crippen LogP contribution in [0.15, 0.2) is 18.2 Å². The largest absolute Gasteiger partial charge is 0.496 e. The highest BCUT2D eigenvalue weighted by Crippen LogP contribution is 2.32. The number of hydrogen-bond donors (Lipinski definition) is 1. The molecule has 2 nitrogen and oxygen atoms in total. The van der Waals surface area contributed by atoms with Crippen molar-refractivity contribution >= 4 is 0 Å². The molecule has 0 aromatic heterocycles. The Hall–Kier alpha value is -1.02. The molecule has 1 rings (SSSR count). The molecule has 0 amide bonds. The van der Waals surface area contributed by atoms with E-state index in [9.17, 15) is 0 Å². The maximum atomic E-state index is 5.45. The summed E-state index contributed by atoms with van der Waals surface area (Å²) in [6.07, 6.45) is 0. The molecule has 0 saturated carbocycles. The van der Waals surface area contributed by atoms with E-state index in [-0.39, 0.29) is 0 Å². The van der Waals surface area contributed by atoms with Crippen LogP contribution in [0.3, 0.4) is 0 Å². The molecule has 90 valence electrons. The Balaban J connectivity index is 3.10. The van der Waals surface area contributed by atoms with Crippen molar-refractivity contribution in [1.82, 2.24) is 5.32 Å². The van der Waals surface area contributed by atoms with Crippen LogP contribution in [0, 0.1) is 12.8 Å². The van der Waals surface area contributed by atoms with Gasteiger partial charge < -0.3 is 10.1 Å². The minimum absolute atomic E-state index is 0.500. The lowest BCUT2D eigenvalue weighted by Gasteiger charge is -2.23. The number of methoxy groups -OCH3 is 1. The smallest absolute Gasteiger partial charge is 0.122 e. The van der Waals surface area contributed by atoms with E-state index in [0.717, 1.165) is 12.3 Å². The molecule has 0 aliphatic carbocycles. The maximum Gasteiger partial charge on any atom is 0.122 e. The van der Waals surface area contributed by atoms with E-state index in [0.29, 0.717) is 11.8 Å². The lowest BCUT2D eigenvalue weighted by Crippen LogP contribution is -2.22. The summed E-state index contributed by atoms with van der Waals surface area (Å²) in [6, 6.07) is 6.40. The molecule has 0 heterocycles.